The zero-order valence-electron chi connectivity index (χ0n) is 18.6. The summed E-state index contributed by atoms with van der Waals surface area (Å²) < 4.78 is 29.1. The number of esters is 2. The molecule has 2 unspecified atom stereocenters. The van der Waals surface area contributed by atoms with Gasteiger partial charge in [0.05, 0.1) is 17.7 Å². The van der Waals surface area contributed by atoms with Crippen LogP contribution in [0.15, 0.2) is 91.0 Å². The van der Waals surface area contributed by atoms with E-state index in [0.29, 0.717) is 5.56 Å². The van der Waals surface area contributed by atoms with Crippen LogP contribution in [-0.2, 0) is 23.7 Å². The molecule has 6 atom stereocenters. The third kappa shape index (κ3) is 5.11. The zero-order valence-corrected chi connectivity index (χ0v) is 18.6. The van der Waals surface area contributed by atoms with Crippen LogP contribution in [0.5, 0.6) is 0 Å². The Balaban J connectivity index is 1.43. The lowest BCUT2D eigenvalue weighted by atomic mass is 9.97. The smallest absolute Gasteiger partial charge is 0.338 e. The van der Waals surface area contributed by atoms with E-state index in [-0.39, 0.29) is 12.2 Å². The van der Waals surface area contributed by atoms with Gasteiger partial charge in [-0.1, -0.05) is 66.7 Å². The molecule has 8 heteroatoms. The first-order chi connectivity index (χ1) is 17.1. The molecule has 0 amide bonds. The summed E-state index contributed by atoms with van der Waals surface area (Å²) in [7, 11) is 0. The van der Waals surface area contributed by atoms with Crippen LogP contribution in [0, 0.1) is 0 Å². The van der Waals surface area contributed by atoms with E-state index in [9.17, 15) is 14.7 Å². The fourth-order valence-corrected chi connectivity index (χ4v) is 4.13. The Morgan fingerprint density at radius 1 is 0.714 bits per heavy atom. The number of benzene rings is 3. The second-order valence-corrected chi connectivity index (χ2v) is 8.21. The molecule has 8 nitrogen and oxygen atoms in total. The number of rotatable bonds is 5. The van der Waals surface area contributed by atoms with E-state index in [1.54, 1.807) is 60.7 Å². The molecule has 3 aromatic carbocycles. The average Bonchev–Trinajstić information content (AvgIpc) is 2.91. The highest BCUT2D eigenvalue weighted by molar-refractivity contribution is 5.90. The van der Waals surface area contributed by atoms with E-state index in [1.807, 2.05) is 30.3 Å². The topological polar surface area (TPSA) is 101 Å². The van der Waals surface area contributed by atoms with Crippen LogP contribution in [0.4, 0.5) is 0 Å². The van der Waals surface area contributed by atoms with Crippen LogP contribution < -0.4 is 0 Å². The molecule has 2 aliphatic heterocycles. The highest BCUT2D eigenvalue weighted by Crippen LogP contribution is 2.36. The molecule has 1 N–H and O–H groups in total. The molecule has 2 aliphatic rings. The third-order valence-corrected chi connectivity index (χ3v) is 5.88. The van der Waals surface area contributed by atoms with Crippen molar-refractivity contribution in [1.29, 1.82) is 0 Å². The fraction of sp³-hybridized carbons (Fsp3) is 0.259. The Morgan fingerprint density at radius 3 is 1.80 bits per heavy atom. The number of carbonyl (C=O) groups excluding carboxylic acids is 2. The zero-order chi connectivity index (χ0) is 24.2. The molecule has 5 rings (SSSR count). The molecule has 0 saturated carbocycles. The van der Waals surface area contributed by atoms with Crippen LogP contribution >= 0.6 is 0 Å². The summed E-state index contributed by atoms with van der Waals surface area (Å²) in [5, 5.41) is 10.7. The monoisotopic (exact) mass is 476 g/mol. The number of fused-ring (bicyclic) bond motifs is 1. The first kappa shape index (κ1) is 23.2. The van der Waals surface area contributed by atoms with Crippen molar-refractivity contribution in [3.05, 3.63) is 108 Å². The van der Waals surface area contributed by atoms with Crippen molar-refractivity contribution in [2.24, 2.45) is 0 Å². The summed E-state index contributed by atoms with van der Waals surface area (Å²) in [5.41, 5.74) is 1.36. The SMILES string of the molecule is O=C(O[C@H]1[C@@H]2OC(c3ccccc3)OC[C@H]2OC(O)[C@@H]1OC(=O)c1ccccc1)c1ccccc1. The lowest BCUT2D eigenvalue weighted by Gasteiger charge is -2.47. The lowest BCUT2D eigenvalue weighted by Crippen LogP contribution is -2.63. The molecule has 3 aromatic rings. The first-order valence-corrected chi connectivity index (χ1v) is 11.3. The summed E-state index contributed by atoms with van der Waals surface area (Å²) in [6.45, 7) is 0.0834. The maximum atomic E-state index is 13.0. The van der Waals surface area contributed by atoms with Crippen molar-refractivity contribution in [3.8, 4) is 0 Å². The second kappa shape index (κ2) is 10.4. The normalized spacial score (nSPS) is 27.9. The Labute approximate surface area is 202 Å². The van der Waals surface area contributed by atoms with Crippen LogP contribution in [-0.4, -0.2) is 54.4 Å². The van der Waals surface area contributed by atoms with E-state index in [4.69, 9.17) is 23.7 Å². The summed E-state index contributed by atoms with van der Waals surface area (Å²) in [4.78, 5) is 25.8. The predicted molar refractivity (Wildman–Crippen MR) is 122 cm³/mol. The van der Waals surface area contributed by atoms with Crippen molar-refractivity contribution < 1.29 is 38.4 Å². The standard InChI is InChI=1S/C27H24O8/c28-24(17-10-4-1-5-11-17)33-22-21-20(16-31-27(35-21)19-14-8-3-9-15-19)32-26(30)23(22)34-25(29)18-12-6-2-7-13-18/h1-15,20-23,26-27,30H,16H2/t20-,21-,22+,23-,26?,27?/m1/s1. The molecule has 0 radical (unpaired) electrons. The van der Waals surface area contributed by atoms with Crippen molar-refractivity contribution in [1.82, 2.24) is 0 Å². The second-order valence-electron chi connectivity index (χ2n) is 8.21. The van der Waals surface area contributed by atoms with Gasteiger partial charge in [-0.05, 0) is 24.3 Å². The van der Waals surface area contributed by atoms with Crippen LogP contribution in [0.25, 0.3) is 0 Å². The Bertz CT molecular complexity index is 1140. The van der Waals surface area contributed by atoms with E-state index >= 15 is 0 Å². The van der Waals surface area contributed by atoms with Gasteiger partial charge in [0.2, 0.25) is 0 Å². The fourth-order valence-electron chi connectivity index (χ4n) is 4.13. The first-order valence-electron chi connectivity index (χ1n) is 11.3. The maximum Gasteiger partial charge on any atom is 0.338 e. The van der Waals surface area contributed by atoms with Gasteiger partial charge in [0.25, 0.3) is 0 Å². The predicted octanol–water partition coefficient (Wildman–Crippen LogP) is 3.27. The minimum absolute atomic E-state index is 0.0834. The molecule has 2 heterocycles. The summed E-state index contributed by atoms with van der Waals surface area (Å²) >= 11 is 0. The molecule has 0 bridgehead atoms. The minimum Gasteiger partial charge on any atom is -0.452 e. The van der Waals surface area contributed by atoms with Gasteiger partial charge in [-0.25, -0.2) is 9.59 Å². The quantitative estimate of drug-likeness (QED) is 0.560. The van der Waals surface area contributed by atoms with Gasteiger partial charge in [0.1, 0.15) is 12.2 Å². The number of ether oxygens (including phenoxy) is 5. The van der Waals surface area contributed by atoms with Gasteiger partial charge < -0.3 is 28.8 Å². The minimum atomic E-state index is -1.56. The van der Waals surface area contributed by atoms with E-state index in [2.05, 4.69) is 0 Å². The van der Waals surface area contributed by atoms with Gasteiger partial charge in [-0.3, -0.25) is 0 Å². The number of hydrogen-bond acceptors (Lipinski definition) is 8. The van der Waals surface area contributed by atoms with Crippen molar-refractivity contribution in [3.63, 3.8) is 0 Å². The largest absolute Gasteiger partial charge is 0.452 e. The molecule has 0 spiro atoms. The molecular formula is C27H24O8. The van der Waals surface area contributed by atoms with Crippen molar-refractivity contribution in [2.45, 2.75) is 37.0 Å². The summed E-state index contributed by atoms with van der Waals surface area (Å²) in [6, 6.07) is 26.0. The molecule has 0 aliphatic carbocycles. The van der Waals surface area contributed by atoms with Crippen LogP contribution in [0.1, 0.15) is 32.6 Å². The van der Waals surface area contributed by atoms with Gasteiger partial charge in [0, 0.05) is 5.56 Å². The van der Waals surface area contributed by atoms with Gasteiger partial charge >= 0.3 is 11.9 Å². The Morgan fingerprint density at radius 2 is 1.23 bits per heavy atom. The Hall–Kier alpha value is -3.56. The number of aliphatic hydroxyl groups is 1. The molecule has 35 heavy (non-hydrogen) atoms. The molecule has 2 fully saturated rings. The van der Waals surface area contributed by atoms with E-state index < -0.39 is 48.9 Å². The number of carbonyl (C=O) groups is 2. The van der Waals surface area contributed by atoms with Gasteiger partial charge in [-0.15, -0.1) is 0 Å². The summed E-state index contributed by atoms with van der Waals surface area (Å²) in [6.07, 6.45) is -6.40. The maximum absolute atomic E-state index is 13.0. The van der Waals surface area contributed by atoms with E-state index in [0.717, 1.165) is 5.56 Å². The van der Waals surface area contributed by atoms with Crippen LogP contribution in [0.3, 0.4) is 0 Å². The molecule has 2 saturated heterocycles. The number of aliphatic hydroxyl groups excluding tert-OH is 1. The van der Waals surface area contributed by atoms with Crippen molar-refractivity contribution >= 4 is 11.9 Å². The highest BCUT2D eigenvalue weighted by Gasteiger charge is 2.53. The molecule has 0 aromatic heterocycles. The molecular weight excluding hydrogens is 452 g/mol. The van der Waals surface area contributed by atoms with Gasteiger partial charge in [0.15, 0.2) is 24.8 Å². The van der Waals surface area contributed by atoms with E-state index in [1.165, 1.54) is 0 Å². The third-order valence-electron chi connectivity index (χ3n) is 5.88. The van der Waals surface area contributed by atoms with Crippen LogP contribution in [0.2, 0.25) is 0 Å². The summed E-state index contributed by atoms with van der Waals surface area (Å²) in [5.74, 6) is -1.33. The van der Waals surface area contributed by atoms with Crippen molar-refractivity contribution in [2.75, 3.05) is 6.61 Å². The molecule has 180 valence electrons. The number of hydrogen-bond donors (Lipinski definition) is 1. The lowest BCUT2D eigenvalue weighted by molar-refractivity contribution is -0.353. The average molecular weight is 476 g/mol. The van der Waals surface area contributed by atoms with Gasteiger partial charge in [-0.2, -0.15) is 0 Å². The Kier molecular flexibility index (Phi) is 6.87. The highest BCUT2D eigenvalue weighted by atomic mass is 16.7.